The third kappa shape index (κ3) is 3.15. The van der Waals surface area contributed by atoms with Crippen molar-refractivity contribution in [2.75, 3.05) is 6.54 Å². The van der Waals surface area contributed by atoms with Gasteiger partial charge < -0.3 is 10.6 Å². The zero-order chi connectivity index (χ0) is 15.8. The number of halogens is 4. The zero-order valence-corrected chi connectivity index (χ0v) is 11.6. The van der Waals surface area contributed by atoms with Gasteiger partial charge in [0.2, 0.25) is 0 Å². The fourth-order valence-electron chi connectivity index (χ4n) is 2.33. The molecule has 1 atom stereocenters. The van der Waals surface area contributed by atoms with E-state index in [-0.39, 0.29) is 11.5 Å². The van der Waals surface area contributed by atoms with E-state index in [1.165, 1.54) is 4.90 Å². The molecule has 1 saturated heterocycles. The first-order valence-electron chi connectivity index (χ1n) is 6.19. The van der Waals surface area contributed by atoms with Crippen LogP contribution in [0.15, 0.2) is 18.2 Å². The molecule has 0 bridgehead atoms. The molecule has 114 valence electrons. The van der Waals surface area contributed by atoms with E-state index in [2.05, 4.69) is 0 Å². The predicted octanol–water partition coefficient (Wildman–Crippen LogP) is 2.74. The highest BCUT2D eigenvalue weighted by Crippen LogP contribution is 2.31. The van der Waals surface area contributed by atoms with E-state index in [0.717, 1.165) is 0 Å². The van der Waals surface area contributed by atoms with Gasteiger partial charge >= 0.3 is 6.18 Å². The number of alkyl halides is 3. The lowest BCUT2D eigenvalue weighted by atomic mass is 10.1. The van der Waals surface area contributed by atoms with E-state index in [9.17, 15) is 22.4 Å². The van der Waals surface area contributed by atoms with Gasteiger partial charge in [-0.3, -0.25) is 4.79 Å². The summed E-state index contributed by atoms with van der Waals surface area (Å²) >= 11 is 4.83. The number of thiocarbonyl (C=S) groups is 1. The molecular weight excluding hydrogens is 308 g/mol. The number of rotatable bonds is 2. The Hall–Kier alpha value is -1.70. The summed E-state index contributed by atoms with van der Waals surface area (Å²) in [7, 11) is 0. The maximum absolute atomic E-state index is 13.7. The van der Waals surface area contributed by atoms with Crippen molar-refractivity contribution in [1.29, 1.82) is 0 Å². The number of carbonyl (C=O) groups is 1. The molecule has 3 nitrogen and oxygen atoms in total. The van der Waals surface area contributed by atoms with E-state index >= 15 is 0 Å². The van der Waals surface area contributed by atoms with Crippen LogP contribution in [-0.4, -0.2) is 28.4 Å². The van der Waals surface area contributed by atoms with Crippen molar-refractivity contribution in [2.45, 2.75) is 25.1 Å². The lowest BCUT2D eigenvalue weighted by molar-refractivity contribution is -0.137. The van der Waals surface area contributed by atoms with Crippen LogP contribution >= 0.6 is 12.2 Å². The van der Waals surface area contributed by atoms with Gasteiger partial charge in [0.15, 0.2) is 0 Å². The first kappa shape index (κ1) is 15.7. The Labute approximate surface area is 123 Å². The Bertz CT molecular complexity index is 588. The Kier molecular flexibility index (Phi) is 4.18. The van der Waals surface area contributed by atoms with E-state index in [1.54, 1.807) is 0 Å². The standard InChI is InChI=1S/C13H12F4N2OS/c14-9-4-3-7(13(15,16)17)6-8(9)12(20)19-5-1-2-10(19)11(18)21/h3-4,6,10H,1-2,5H2,(H2,18,21). The molecule has 21 heavy (non-hydrogen) atoms. The molecule has 8 heteroatoms. The fourth-order valence-corrected chi connectivity index (χ4v) is 2.57. The summed E-state index contributed by atoms with van der Waals surface area (Å²) < 4.78 is 51.7. The zero-order valence-electron chi connectivity index (χ0n) is 10.8. The summed E-state index contributed by atoms with van der Waals surface area (Å²) in [5, 5.41) is 0. The summed E-state index contributed by atoms with van der Waals surface area (Å²) in [6.45, 7) is 0.288. The predicted molar refractivity (Wildman–Crippen MR) is 72.2 cm³/mol. The maximum Gasteiger partial charge on any atom is 0.416 e. The molecule has 1 aromatic carbocycles. The summed E-state index contributed by atoms with van der Waals surface area (Å²) in [6, 6.07) is 1.22. The number of amides is 1. The van der Waals surface area contributed by atoms with Crippen LogP contribution in [0.25, 0.3) is 0 Å². The fraction of sp³-hybridized carbons (Fsp3) is 0.385. The SMILES string of the molecule is NC(=S)C1CCCN1C(=O)c1cc(C(F)(F)F)ccc1F. The van der Waals surface area contributed by atoms with Gasteiger partial charge in [-0.15, -0.1) is 0 Å². The molecule has 1 amide bonds. The molecule has 1 heterocycles. The second-order valence-corrected chi connectivity index (χ2v) is 5.22. The van der Waals surface area contributed by atoms with Crippen molar-refractivity contribution >= 4 is 23.1 Å². The Balaban J connectivity index is 2.37. The van der Waals surface area contributed by atoms with Gasteiger partial charge in [-0.25, -0.2) is 4.39 Å². The van der Waals surface area contributed by atoms with Gasteiger partial charge in [0.1, 0.15) is 5.82 Å². The number of carbonyl (C=O) groups excluding carboxylic acids is 1. The van der Waals surface area contributed by atoms with Crippen LogP contribution in [-0.2, 0) is 6.18 Å². The van der Waals surface area contributed by atoms with Crippen LogP contribution in [0, 0.1) is 5.82 Å². The van der Waals surface area contributed by atoms with Crippen LogP contribution in [0.3, 0.4) is 0 Å². The van der Waals surface area contributed by atoms with Crippen molar-refractivity contribution in [3.8, 4) is 0 Å². The molecule has 1 unspecified atom stereocenters. The minimum Gasteiger partial charge on any atom is -0.392 e. The van der Waals surface area contributed by atoms with Crippen LogP contribution in [0.2, 0.25) is 0 Å². The average molecular weight is 320 g/mol. The molecule has 0 spiro atoms. The lowest BCUT2D eigenvalue weighted by Gasteiger charge is -2.24. The number of hydrogen-bond donors (Lipinski definition) is 1. The lowest BCUT2D eigenvalue weighted by Crippen LogP contribution is -2.43. The van der Waals surface area contributed by atoms with Crippen molar-refractivity contribution in [3.63, 3.8) is 0 Å². The van der Waals surface area contributed by atoms with Gasteiger partial charge in [0.05, 0.1) is 22.2 Å². The Morgan fingerprint density at radius 1 is 1.38 bits per heavy atom. The van der Waals surface area contributed by atoms with Gasteiger partial charge in [0.25, 0.3) is 5.91 Å². The average Bonchev–Trinajstić information content (AvgIpc) is 2.86. The summed E-state index contributed by atoms with van der Waals surface area (Å²) in [5.74, 6) is -1.82. The highest BCUT2D eigenvalue weighted by atomic mass is 32.1. The monoisotopic (exact) mass is 320 g/mol. The number of likely N-dealkylation sites (tertiary alicyclic amines) is 1. The van der Waals surface area contributed by atoms with Crippen molar-refractivity contribution in [3.05, 3.63) is 35.1 Å². The smallest absolute Gasteiger partial charge is 0.392 e. The molecule has 0 saturated carbocycles. The summed E-state index contributed by atoms with van der Waals surface area (Å²) in [5.41, 5.74) is 3.82. The van der Waals surface area contributed by atoms with E-state index in [0.29, 0.717) is 31.0 Å². The molecule has 1 aliphatic rings. The van der Waals surface area contributed by atoms with E-state index in [1.807, 2.05) is 0 Å². The first-order valence-corrected chi connectivity index (χ1v) is 6.59. The highest BCUT2D eigenvalue weighted by Gasteiger charge is 2.35. The van der Waals surface area contributed by atoms with Crippen LogP contribution in [0.4, 0.5) is 17.6 Å². The van der Waals surface area contributed by atoms with Gasteiger partial charge in [0, 0.05) is 6.54 Å². The molecule has 2 N–H and O–H groups in total. The van der Waals surface area contributed by atoms with E-state index < -0.39 is 35.1 Å². The minimum absolute atomic E-state index is 0.0771. The van der Waals surface area contributed by atoms with Crippen molar-refractivity contribution in [1.82, 2.24) is 4.90 Å². The largest absolute Gasteiger partial charge is 0.416 e. The maximum atomic E-state index is 13.7. The van der Waals surface area contributed by atoms with Crippen LogP contribution < -0.4 is 5.73 Å². The molecule has 0 aliphatic carbocycles. The second kappa shape index (κ2) is 5.59. The molecule has 1 fully saturated rings. The van der Waals surface area contributed by atoms with E-state index in [4.69, 9.17) is 18.0 Å². The third-order valence-corrected chi connectivity index (χ3v) is 3.64. The molecule has 0 radical (unpaired) electrons. The second-order valence-electron chi connectivity index (χ2n) is 4.75. The van der Waals surface area contributed by atoms with Gasteiger partial charge in [-0.2, -0.15) is 13.2 Å². The van der Waals surface area contributed by atoms with Crippen molar-refractivity contribution in [2.24, 2.45) is 5.73 Å². The van der Waals surface area contributed by atoms with Gasteiger partial charge in [-0.05, 0) is 31.0 Å². The number of benzene rings is 1. The third-order valence-electron chi connectivity index (χ3n) is 3.37. The molecule has 0 aromatic heterocycles. The Morgan fingerprint density at radius 2 is 2.05 bits per heavy atom. The number of nitrogens with two attached hydrogens (primary N) is 1. The number of hydrogen-bond acceptors (Lipinski definition) is 2. The Morgan fingerprint density at radius 3 is 2.62 bits per heavy atom. The van der Waals surface area contributed by atoms with Gasteiger partial charge in [-0.1, -0.05) is 12.2 Å². The minimum atomic E-state index is -4.64. The molecular formula is C13H12F4N2OS. The quantitative estimate of drug-likeness (QED) is 0.673. The first-order chi connectivity index (χ1) is 9.71. The molecule has 1 aromatic rings. The van der Waals surface area contributed by atoms with Crippen LogP contribution in [0.1, 0.15) is 28.8 Å². The molecule has 2 rings (SSSR count). The topological polar surface area (TPSA) is 46.3 Å². The summed E-state index contributed by atoms with van der Waals surface area (Å²) in [6.07, 6.45) is -3.49. The van der Waals surface area contributed by atoms with Crippen LogP contribution in [0.5, 0.6) is 0 Å². The summed E-state index contributed by atoms with van der Waals surface area (Å²) in [4.78, 5) is 13.6. The normalized spacial score (nSPS) is 18.9. The number of nitrogens with zero attached hydrogens (tertiary/aromatic N) is 1. The van der Waals surface area contributed by atoms with Crippen molar-refractivity contribution < 1.29 is 22.4 Å². The highest BCUT2D eigenvalue weighted by molar-refractivity contribution is 7.80. The molecule has 1 aliphatic heterocycles.